The van der Waals surface area contributed by atoms with Gasteiger partial charge in [0.05, 0.1) is 5.70 Å². The van der Waals surface area contributed by atoms with E-state index < -0.39 is 11.7 Å². The van der Waals surface area contributed by atoms with Gasteiger partial charge in [0, 0.05) is 0 Å². The Hall–Kier alpha value is -2.81. The zero-order chi connectivity index (χ0) is 14.0. The van der Waals surface area contributed by atoms with Crippen LogP contribution in [0, 0.1) is 40.9 Å². The predicted octanol–water partition coefficient (Wildman–Crippen LogP) is 1.59. The van der Waals surface area contributed by atoms with Gasteiger partial charge in [-0.3, -0.25) is 0 Å². The molecule has 2 N–H and O–H groups in total. The molecule has 0 unspecified atom stereocenters. The maximum atomic E-state index is 9.25. The number of epoxide rings is 1. The van der Waals surface area contributed by atoms with E-state index in [0.717, 1.165) is 11.1 Å². The fourth-order valence-electron chi connectivity index (χ4n) is 1.88. The van der Waals surface area contributed by atoms with Gasteiger partial charge in [0.1, 0.15) is 24.3 Å². The predicted molar refractivity (Wildman–Crippen MR) is 65.8 cm³/mol. The first-order valence-corrected chi connectivity index (χ1v) is 5.55. The fourth-order valence-corrected chi connectivity index (χ4v) is 1.88. The summed E-state index contributed by atoms with van der Waals surface area (Å²) in [6, 6.07) is 12.8. The molecule has 0 spiro atoms. The Kier molecular flexibility index (Phi) is 2.97. The Labute approximate surface area is 110 Å². The number of allylic oxidation sites excluding steroid dienone is 1. The highest BCUT2D eigenvalue weighted by Crippen LogP contribution is 2.53. The molecule has 2 rings (SSSR count). The summed E-state index contributed by atoms with van der Waals surface area (Å²) in [5.74, 6) is 0. The number of rotatable bonds is 2. The van der Waals surface area contributed by atoms with E-state index in [1.165, 1.54) is 0 Å². The molecule has 1 heterocycles. The van der Waals surface area contributed by atoms with Crippen LogP contribution < -0.4 is 5.73 Å². The standard InChI is InChI=1S/C14H10N4O/c1-9-2-4-10(5-3-9)13-14(8-17,19-13)12(18)11(6-15)7-16/h2-5,13H,18H2,1H3/t13-,14+/m1/s1. The van der Waals surface area contributed by atoms with Gasteiger partial charge < -0.3 is 10.5 Å². The number of hydrogen-bond donors (Lipinski definition) is 1. The molecular formula is C14H10N4O. The van der Waals surface area contributed by atoms with Crippen LogP contribution in [0.3, 0.4) is 0 Å². The smallest absolute Gasteiger partial charge is 0.227 e. The van der Waals surface area contributed by atoms with E-state index in [4.69, 9.17) is 21.0 Å². The maximum absolute atomic E-state index is 9.25. The average Bonchev–Trinajstić information content (AvgIpc) is 3.17. The highest BCUT2D eigenvalue weighted by atomic mass is 16.6. The van der Waals surface area contributed by atoms with Crippen molar-refractivity contribution < 1.29 is 4.74 Å². The van der Waals surface area contributed by atoms with Gasteiger partial charge in [-0.1, -0.05) is 29.8 Å². The molecule has 2 atom stereocenters. The SMILES string of the molecule is Cc1ccc([C@H]2O[C@@]2(C#N)C(N)=C(C#N)C#N)cc1. The van der Waals surface area contributed by atoms with Gasteiger partial charge >= 0.3 is 0 Å². The number of nitriles is 3. The van der Waals surface area contributed by atoms with Crippen LogP contribution in [-0.2, 0) is 4.74 Å². The van der Waals surface area contributed by atoms with Crippen LogP contribution in [0.4, 0.5) is 0 Å². The lowest BCUT2D eigenvalue weighted by molar-refractivity contribution is 0.356. The molecule has 5 nitrogen and oxygen atoms in total. The largest absolute Gasteiger partial charge is 0.397 e. The van der Waals surface area contributed by atoms with Crippen molar-refractivity contribution in [1.82, 2.24) is 0 Å². The molecule has 0 saturated carbocycles. The normalized spacial score (nSPS) is 23.6. The topological polar surface area (TPSA) is 110 Å². The van der Waals surface area contributed by atoms with Gasteiger partial charge in [-0.25, -0.2) is 0 Å². The van der Waals surface area contributed by atoms with E-state index in [0.29, 0.717) is 0 Å². The Balaban J connectivity index is 2.40. The van der Waals surface area contributed by atoms with Crippen LogP contribution in [0.1, 0.15) is 17.2 Å². The van der Waals surface area contributed by atoms with Gasteiger partial charge in [0.25, 0.3) is 0 Å². The molecule has 92 valence electrons. The van der Waals surface area contributed by atoms with Crippen molar-refractivity contribution in [2.24, 2.45) is 5.73 Å². The third-order valence-electron chi connectivity index (χ3n) is 3.06. The summed E-state index contributed by atoms with van der Waals surface area (Å²) in [7, 11) is 0. The lowest BCUT2D eigenvalue weighted by atomic mass is 9.95. The first-order valence-electron chi connectivity index (χ1n) is 5.55. The summed E-state index contributed by atoms with van der Waals surface area (Å²) in [4.78, 5) is 0. The Morgan fingerprint density at radius 3 is 2.26 bits per heavy atom. The Morgan fingerprint density at radius 2 is 1.79 bits per heavy atom. The third-order valence-corrected chi connectivity index (χ3v) is 3.06. The van der Waals surface area contributed by atoms with Crippen LogP contribution in [0.15, 0.2) is 35.5 Å². The quantitative estimate of drug-likeness (QED) is 0.633. The van der Waals surface area contributed by atoms with Gasteiger partial charge in [0.2, 0.25) is 5.60 Å². The van der Waals surface area contributed by atoms with Crippen LogP contribution in [0.25, 0.3) is 0 Å². The van der Waals surface area contributed by atoms with Crippen molar-refractivity contribution in [3.8, 4) is 18.2 Å². The molecule has 1 saturated heterocycles. The molecule has 0 amide bonds. The zero-order valence-electron chi connectivity index (χ0n) is 10.2. The van der Waals surface area contributed by atoms with Gasteiger partial charge in [-0.05, 0) is 12.5 Å². The Morgan fingerprint density at radius 1 is 1.21 bits per heavy atom. The molecule has 1 aliphatic rings. The number of nitrogens with zero attached hydrogens (tertiary/aromatic N) is 3. The van der Waals surface area contributed by atoms with Crippen molar-refractivity contribution in [1.29, 1.82) is 15.8 Å². The van der Waals surface area contributed by atoms with Crippen molar-refractivity contribution >= 4 is 0 Å². The number of nitrogens with two attached hydrogens (primary N) is 1. The lowest BCUT2D eigenvalue weighted by Crippen LogP contribution is -2.22. The molecule has 0 radical (unpaired) electrons. The van der Waals surface area contributed by atoms with Crippen molar-refractivity contribution in [3.05, 3.63) is 46.7 Å². The van der Waals surface area contributed by atoms with Gasteiger partial charge in [0.15, 0.2) is 5.57 Å². The highest BCUT2D eigenvalue weighted by Gasteiger charge is 2.61. The van der Waals surface area contributed by atoms with Gasteiger partial charge in [-0.15, -0.1) is 0 Å². The van der Waals surface area contributed by atoms with Crippen molar-refractivity contribution in [3.63, 3.8) is 0 Å². The molecule has 1 fully saturated rings. The first-order chi connectivity index (χ1) is 9.08. The summed E-state index contributed by atoms with van der Waals surface area (Å²) in [5, 5.41) is 26.8. The molecular weight excluding hydrogens is 240 g/mol. The minimum atomic E-state index is -1.39. The number of benzene rings is 1. The van der Waals surface area contributed by atoms with Crippen LogP contribution in [0.5, 0.6) is 0 Å². The Bertz CT molecular complexity index is 653. The summed E-state index contributed by atoms with van der Waals surface area (Å²) in [6.45, 7) is 1.95. The second-order valence-electron chi connectivity index (χ2n) is 4.27. The second-order valence-corrected chi connectivity index (χ2v) is 4.27. The average molecular weight is 250 g/mol. The molecule has 0 aromatic heterocycles. The lowest BCUT2D eigenvalue weighted by Gasteiger charge is -2.04. The summed E-state index contributed by atoms with van der Waals surface area (Å²) < 4.78 is 5.38. The van der Waals surface area contributed by atoms with E-state index in [1.807, 2.05) is 37.3 Å². The van der Waals surface area contributed by atoms with Crippen LogP contribution in [-0.4, -0.2) is 5.60 Å². The van der Waals surface area contributed by atoms with Crippen molar-refractivity contribution in [2.75, 3.05) is 0 Å². The zero-order valence-corrected chi connectivity index (χ0v) is 10.2. The number of ether oxygens (including phenoxy) is 1. The monoisotopic (exact) mass is 250 g/mol. The minimum Gasteiger partial charge on any atom is -0.397 e. The van der Waals surface area contributed by atoms with E-state index in [2.05, 4.69) is 0 Å². The molecule has 1 aromatic carbocycles. The van der Waals surface area contributed by atoms with E-state index in [9.17, 15) is 5.26 Å². The molecule has 0 aliphatic carbocycles. The summed E-state index contributed by atoms with van der Waals surface area (Å²) in [5.41, 5.74) is 5.83. The van der Waals surface area contributed by atoms with E-state index in [-0.39, 0.29) is 11.3 Å². The third kappa shape index (κ3) is 1.91. The molecule has 1 aliphatic heterocycles. The van der Waals surface area contributed by atoms with E-state index in [1.54, 1.807) is 12.1 Å². The molecule has 19 heavy (non-hydrogen) atoms. The number of hydrogen-bond acceptors (Lipinski definition) is 5. The fraction of sp³-hybridized carbons (Fsp3) is 0.214. The second kappa shape index (κ2) is 4.46. The molecule has 5 heteroatoms. The van der Waals surface area contributed by atoms with Crippen LogP contribution >= 0.6 is 0 Å². The van der Waals surface area contributed by atoms with Crippen LogP contribution in [0.2, 0.25) is 0 Å². The molecule has 0 bridgehead atoms. The first kappa shape index (κ1) is 12.6. The summed E-state index contributed by atoms with van der Waals surface area (Å²) in [6.07, 6.45) is -0.533. The maximum Gasteiger partial charge on any atom is 0.227 e. The molecule has 1 aromatic rings. The highest BCUT2D eigenvalue weighted by molar-refractivity contribution is 5.51. The van der Waals surface area contributed by atoms with Gasteiger partial charge in [-0.2, -0.15) is 15.8 Å². The van der Waals surface area contributed by atoms with Crippen molar-refractivity contribution in [2.45, 2.75) is 18.6 Å². The van der Waals surface area contributed by atoms with E-state index >= 15 is 0 Å². The minimum absolute atomic E-state index is 0.120. The summed E-state index contributed by atoms with van der Waals surface area (Å²) >= 11 is 0. The number of aryl methyl sites for hydroxylation is 1.